The molecule has 2 heterocycles. The molecule has 3 aromatic rings. The van der Waals surface area contributed by atoms with Crippen molar-refractivity contribution in [2.45, 2.75) is 12.6 Å². The molecular weight excluding hydrogens is 398 g/mol. The van der Waals surface area contributed by atoms with Crippen LogP contribution in [-0.2, 0) is 11.3 Å². The maximum Gasteiger partial charge on any atom is 0.255 e. The average molecular weight is 417 g/mol. The lowest BCUT2D eigenvalue weighted by molar-refractivity contribution is -0.119. The van der Waals surface area contributed by atoms with Gasteiger partial charge in [-0.1, -0.05) is 12.1 Å². The van der Waals surface area contributed by atoms with E-state index >= 15 is 0 Å². The van der Waals surface area contributed by atoms with Crippen LogP contribution >= 0.6 is 11.8 Å². The first-order valence-corrected chi connectivity index (χ1v) is 10.6. The van der Waals surface area contributed by atoms with Gasteiger partial charge >= 0.3 is 0 Å². The number of nitrogens with one attached hydrogen (secondary N) is 1. The number of rotatable bonds is 5. The van der Waals surface area contributed by atoms with E-state index in [1.807, 2.05) is 35.1 Å². The van der Waals surface area contributed by atoms with E-state index in [1.54, 1.807) is 59.3 Å². The van der Waals surface area contributed by atoms with Crippen molar-refractivity contribution in [2.24, 2.45) is 0 Å². The summed E-state index contributed by atoms with van der Waals surface area (Å²) in [7, 11) is 0. The van der Waals surface area contributed by atoms with Crippen molar-refractivity contribution in [3.8, 4) is 6.07 Å². The Morgan fingerprint density at radius 3 is 2.60 bits per heavy atom. The van der Waals surface area contributed by atoms with E-state index in [0.717, 1.165) is 5.56 Å². The molecule has 1 unspecified atom stereocenters. The summed E-state index contributed by atoms with van der Waals surface area (Å²) in [6.45, 7) is 0.636. The first kappa shape index (κ1) is 19.7. The third-order valence-electron chi connectivity index (χ3n) is 4.83. The number of thioether (sulfide) groups is 1. The Labute approximate surface area is 178 Å². The van der Waals surface area contributed by atoms with Crippen LogP contribution in [0, 0.1) is 11.3 Å². The predicted octanol–water partition coefficient (Wildman–Crippen LogP) is 2.96. The number of nitrogens with zero attached hydrogens (tertiary/aromatic N) is 4. The average Bonchev–Trinajstić information content (AvgIpc) is 3.46. The molecule has 1 N–H and O–H groups in total. The Morgan fingerprint density at radius 1 is 1.17 bits per heavy atom. The SMILES string of the molecule is N#Cc1ccc(NC(=O)C2CSCN2C(=O)c2ccc(Cn3cccn3)cc2)cc1. The number of hydrogen-bond acceptors (Lipinski definition) is 5. The van der Waals surface area contributed by atoms with Crippen LogP contribution < -0.4 is 5.32 Å². The Kier molecular flexibility index (Phi) is 5.82. The van der Waals surface area contributed by atoms with Gasteiger partial charge in [0.15, 0.2) is 0 Å². The molecular formula is C22H19N5O2S. The monoisotopic (exact) mass is 417 g/mol. The number of amides is 2. The van der Waals surface area contributed by atoms with Crippen LogP contribution in [0.1, 0.15) is 21.5 Å². The molecule has 150 valence electrons. The maximum atomic E-state index is 13.0. The van der Waals surface area contributed by atoms with Gasteiger partial charge in [0.05, 0.1) is 24.1 Å². The minimum Gasteiger partial charge on any atom is -0.324 e. The molecule has 0 aliphatic carbocycles. The summed E-state index contributed by atoms with van der Waals surface area (Å²) in [4.78, 5) is 27.4. The highest BCUT2D eigenvalue weighted by molar-refractivity contribution is 7.99. The van der Waals surface area contributed by atoms with Crippen molar-refractivity contribution in [3.05, 3.63) is 83.7 Å². The summed E-state index contributed by atoms with van der Waals surface area (Å²) in [5, 5.41) is 15.9. The lowest BCUT2D eigenvalue weighted by Crippen LogP contribution is -2.44. The third kappa shape index (κ3) is 4.36. The minimum atomic E-state index is -0.540. The second-order valence-electron chi connectivity index (χ2n) is 6.87. The summed E-state index contributed by atoms with van der Waals surface area (Å²) in [5.41, 5.74) is 2.72. The summed E-state index contributed by atoms with van der Waals surface area (Å²) in [6, 6.07) is 17.4. The fourth-order valence-corrected chi connectivity index (χ4v) is 4.37. The van der Waals surface area contributed by atoms with Crippen molar-refractivity contribution in [3.63, 3.8) is 0 Å². The predicted molar refractivity (Wildman–Crippen MR) is 115 cm³/mol. The molecule has 0 radical (unpaired) electrons. The van der Waals surface area contributed by atoms with Crippen molar-refractivity contribution < 1.29 is 9.59 Å². The van der Waals surface area contributed by atoms with E-state index in [4.69, 9.17) is 5.26 Å². The van der Waals surface area contributed by atoms with Crippen LogP contribution in [0.4, 0.5) is 5.69 Å². The number of benzene rings is 2. The topological polar surface area (TPSA) is 91.0 Å². The zero-order valence-corrected chi connectivity index (χ0v) is 16.9. The Morgan fingerprint density at radius 2 is 1.93 bits per heavy atom. The van der Waals surface area contributed by atoms with E-state index in [0.29, 0.717) is 35.0 Å². The molecule has 1 aliphatic heterocycles. The fraction of sp³-hybridized carbons (Fsp3) is 0.182. The minimum absolute atomic E-state index is 0.161. The third-order valence-corrected chi connectivity index (χ3v) is 5.84. The van der Waals surface area contributed by atoms with Crippen LogP contribution in [0.25, 0.3) is 0 Å². The largest absolute Gasteiger partial charge is 0.324 e. The van der Waals surface area contributed by atoms with Gasteiger partial charge in [-0.3, -0.25) is 14.3 Å². The standard InChI is InChI=1S/C22H19N5O2S/c23-12-16-4-8-19(9-5-16)25-21(28)20-14-30-15-27(20)22(29)18-6-2-17(3-7-18)13-26-11-1-10-24-26/h1-11,20H,13-15H2,(H,25,28). The molecule has 0 saturated carbocycles. The second kappa shape index (κ2) is 8.84. The zero-order valence-electron chi connectivity index (χ0n) is 16.1. The highest BCUT2D eigenvalue weighted by atomic mass is 32.2. The highest BCUT2D eigenvalue weighted by Gasteiger charge is 2.35. The second-order valence-corrected chi connectivity index (χ2v) is 7.87. The van der Waals surface area contributed by atoms with E-state index < -0.39 is 6.04 Å². The van der Waals surface area contributed by atoms with E-state index in [-0.39, 0.29) is 11.8 Å². The Hall–Kier alpha value is -3.57. The summed E-state index contributed by atoms with van der Waals surface area (Å²) < 4.78 is 1.82. The van der Waals surface area contributed by atoms with Gasteiger partial charge in [-0.25, -0.2) is 0 Å². The smallest absolute Gasteiger partial charge is 0.255 e. The van der Waals surface area contributed by atoms with E-state index in [1.165, 1.54) is 0 Å². The van der Waals surface area contributed by atoms with Crippen molar-refractivity contribution >= 4 is 29.3 Å². The van der Waals surface area contributed by atoms with E-state index in [2.05, 4.69) is 10.4 Å². The number of aromatic nitrogens is 2. The molecule has 0 spiro atoms. The molecule has 1 saturated heterocycles. The van der Waals surface area contributed by atoms with Gasteiger partial charge in [0.25, 0.3) is 5.91 Å². The first-order valence-electron chi connectivity index (χ1n) is 9.40. The number of hydrogen-bond donors (Lipinski definition) is 1. The number of carbonyl (C=O) groups excluding carboxylic acids is 2. The Bertz CT molecular complexity index is 1070. The Balaban J connectivity index is 1.42. The van der Waals surface area contributed by atoms with Gasteiger partial charge in [-0.15, -0.1) is 11.8 Å². The molecule has 30 heavy (non-hydrogen) atoms. The van der Waals surface area contributed by atoms with Crippen LogP contribution in [0.3, 0.4) is 0 Å². The number of anilines is 1. The summed E-state index contributed by atoms with van der Waals surface area (Å²) >= 11 is 1.55. The zero-order chi connectivity index (χ0) is 20.9. The first-order chi connectivity index (χ1) is 14.6. The normalized spacial score (nSPS) is 15.6. The van der Waals surface area contributed by atoms with Crippen molar-refractivity contribution in [1.29, 1.82) is 5.26 Å². The lowest BCUT2D eigenvalue weighted by Gasteiger charge is -2.23. The summed E-state index contributed by atoms with van der Waals surface area (Å²) in [6.07, 6.45) is 3.61. The summed E-state index contributed by atoms with van der Waals surface area (Å²) in [5.74, 6) is 0.629. The number of carbonyl (C=O) groups is 2. The molecule has 2 aromatic carbocycles. The molecule has 1 atom stereocenters. The molecule has 4 rings (SSSR count). The fourth-order valence-electron chi connectivity index (χ4n) is 3.21. The molecule has 1 aliphatic rings. The van der Waals surface area contributed by atoms with Crippen LogP contribution in [0.15, 0.2) is 67.0 Å². The molecule has 8 heteroatoms. The van der Waals surface area contributed by atoms with Gasteiger partial charge in [0, 0.05) is 29.4 Å². The van der Waals surface area contributed by atoms with Crippen molar-refractivity contribution in [2.75, 3.05) is 16.9 Å². The van der Waals surface area contributed by atoms with Gasteiger partial charge in [0.1, 0.15) is 6.04 Å². The van der Waals surface area contributed by atoms with Crippen LogP contribution in [-0.4, -0.2) is 44.2 Å². The molecule has 0 bridgehead atoms. The highest BCUT2D eigenvalue weighted by Crippen LogP contribution is 2.24. The van der Waals surface area contributed by atoms with Gasteiger partial charge in [-0.2, -0.15) is 10.4 Å². The van der Waals surface area contributed by atoms with Gasteiger partial charge in [-0.05, 0) is 48.0 Å². The van der Waals surface area contributed by atoms with Crippen molar-refractivity contribution in [1.82, 2.24) is 14.7 Å². The molecule has 2 amide bonds. The van der Waals surface area contributed by atoms with Crippen LogP contribution in [0.5, 0.6) is 0 Å². The quantitative estimate of drug-likeness (QED) is 0.689. The number of nitriles is 1. The van der Waals surface area contributed by atoms with E-state index in [9.17, 15) is 9.59 Å². The maximum absolute atomic E-state index is 13.0. The molecule has 1 aromatic heterocycles. The molecule has 7 nitrogen and oxygen atoms in total. The van der Waals surface area contributed by atoms with Gasteiger partial charge in [0.2, 0.25) is 5.91 Å². The van der Waals surface area contributed by atoms with Crippen LogP contribution in [0.2, 0.25) is 0 Å². The molecule has 1 fully saturated rings. The lowest BCUT2D eigenvalue weighted by atomic mass is 10.1. The van der Waals surface area contributed by atoms with Gasteiger partial charge < -0.3 is 10.2 Å².